The highest BCUT2D eigenvalue weighted by Gasteiger charge is 2.13. The number of fused-ring (bicyclic) bond motifs is 3. The van der Waals surface area contributed by atoms with E-state index in [2.05, 4.69) is 75.1 Å². The van der Waals surface area contributed by atoms with Gasteiger partial charge in [0.2, 0.25) is 0 Å². The summed E-state index contributed by atoms with van der Waals surface area (Å²) in [7, 11) is 1.69. The Morgan fingerprint density at radius 1 is 0.875 bits per heavy atom. The van der Waals surface area contributed by atoms with E-state index in [4.69, 9.17) is 15.9 Å². The summed E-state index contributed by atoms with van der Waals surface area (Å²) in [6.45, 7) is 0.748. The van der Waals surface area contributed by atoms with Crippen LogP contribution in [0, 0.1) is 5.41 Å². The molecule has 1 heterocycles. The Balaban J connectivity index is 1.69. The highest BCUT2D eigenvalue weighted by molar-refractivity contribution is 9.10. The molecule has 0 atom stereocenters. The Morgan fingerprint density at radius 2 is 1.59 bits per heavy atom. The summed E-state index contributed by atoms with van der Waals surface area (Å²) in [5, 5.41) is 10.1. The van der Waals surface area contributed by atoms with E-state index in [-0.39, 0.29) is 5.84 Å². The van der Waals surface area contributed by atoms with Crippen molar-refractivity contribution in [2.45, 2.75) is 6.54 Å². The largest absolute Gasteiger partial charge is 0.497 e. The number of rotatable bonds is 5. The lowest BCUT2D eigenvalue weighted by molar-refractivity contribution is 0.414. The van der Waals surface area contributed by atoms with Gasteiger partial charge in [0.05, 0.1) is 7.11 Å². The minimum Gasteiger partial charge on any atom is -0.497 e. The van der Waals surface area contributed by atoms with Crippen molar-refractivity contribution in [2.75, 3.05) is 7.11 Å². The van der Waals surface area contributed by atoms with Crippen LogP contribution in [0.3, 0.4) is 0 Å². The van der Waals surface area contributed by atoms with Crippen LogP contribution >= 0.6 is 15.9 Å². The Bertz CT molecular complexity index is 1490. The van der Waals surface area contributed by atoms with Crippen LogP contribution in [-0.4, -0.2) is 17.5 Å². The van der Waals surface area contributed by atoms with E-state index in [0.717, 1.165) is 33.5 Å². The molecule has 4 nitrogen and oxygen atoms in total. The fourth-order valence-corrected chi connectivity index (χ4v) is 4.61. The molecule has 0 saturated heterocycles. The van der Waals surface area contributed by atoms with Crippen molar-refractivity contribution in [3.63, 3.8) is 0 Å². The maximum atomic E-state index is 7.76. The zero-order chi connectivity index (χ0) is 22.2. The molecule has 0 saturated carbocycles. The highest BCUT2D eigenvalue weighted by atomic mass is 79.9. The molecule has 0 fully saturated rings. The van der Waals surface area contributed by atoms with E-state index in [1.807, 2.05) is 30.3 Å². The third-order valence-electron chi connectivity index (χ3n) is 5.81. The van der Waals surface area contributed by atoms with E-state index in [1.165, 1.54) is 27.4 Å². The number of nitrogens with one attached hydrogen (secondary N) is 1. The Hall–Kier alpha value is -3.57. The lowest BCUT2D eigenvalue weighted by Gasteiger charge is -2.10. The van der Waals surface area contributed by atoms with E-state index in [0.29, 0.717) is 0 Å². The molecule has 0 aliphatic carbocycles. The summed E-state index contributed by atoms with van der Waals surface area (Å²) >= 11 is 3.64. The molecule has 5 heteroatoms. The normalized spacial score (nSPS) is 11.2. The minimum atomic E-state index is 0.0757. The molecule has 0 aliphatic rings. The van der Waals surface area contributed by atoms with E-state index in [9.17, 15) is 0 Å². The minimum absolute atomic E-state index is 0.0757. The second-order valence-corrected chi connectivity index (χ2v) is 8.74. The van der Waals surface area contributed by atoms with Gasteiger partial charge in [0.25, 0.3) is 0 Å². The average Bonchev–Trinajstić information content (AvgIpc) is 3.11. The van der Waals surface area contributed by atoms with Crippen LogP contribution in [0.2, 0.25) is 0 Å². The van der Waals surface area contributed by atoms with Crippen LogP contribution in [0.5, 0.6) is 5.75 Å². The van der Waals surface area contributed by atoms with Crippen LogP contribution in [0.15, 0.2) is 89.4 Å². The molecule has 0 radical (unpaired) electrons. The van der Waals surface area contributed by atoms with Crippen molar-refractivity contribution in [1.29, 1.82) is 5.41 Å². The molecule has 32 heavy (non-hydrogen) atoms. The first-order valence-electron chi connectivity index (χ1n) is 10.3. The number of methoxy groups -OCH3 is 1. The molecule has 0 bridgehead atoms. The molecule has 0 aliphatic heterocycles. The maximum Gasteiger partial charge on any atom is 0.122 e. The molecule has 0 spiro atoms. The standard InChI is InChI=1S/C27H22BrN3O/c1-32-22-7-2-4-17(12-22)16-31-25-10-8-19(18-5-3-6-20(13-18)27(29)30)14-23(25)24-15-21(28)9-11-26(24)31/h2-15H,16H2,1H3,(H3,29,30). The molecule has 5 aromatic rings. The van der Waals surface area contributed by atoms with Crippen molar-refractivity contribution in [2.24, 2.45) is 5.73 Å². The monoisotopic (exact) mass is 483 g/mol. The number of nitrogens with two attached hydrogens (primary N) is 1. The number of aromatic nitrogens is 1. The van der Waals surface area contributed by atoms with Crippen molar-refractivity contribution >= 4 is 43.6 Å². The number of nitrogen functional groups attached to an aromatic ring is 1. The van der Waals surface area contributed by atoms with Gasteiger partial charge < -0.3 is 15.0 Å². The zero-order valence-electron chi connectivity index (χ0n) is 17.6. The van der Waals surface area contributed by atoms with E-state index in [1.54, 1.807) is 7.11 Å². The number of hydrogen-bond donors (Lipinski definition) is 2. The summed E-state index contributed by atoms with van der Waals surface area (Å²) in [4.78, 5) is 0. The van der Waals surface area contributed by atoms with Crippen molar-refractivity contribution in [1.82, 2.24) is 4.57 Å². The van der Waals surface area contributed by atoms with Gasteiger partial charge in [-0.25, -0.2) is 0 Å². The predicted molar refractivity (Wildman–Crippen MR) is 136 cm³/mol. The first-order valence-corrected chi connectivity index (χ1v) is 11.1. The first-order chi connectivity index (χ1) is 15.5. The summed E-state index contributed by atoms with van der Waals surface area (Å²) in [6.07, 6.45) is 0. The number of hydrogen-bond acceptors (Lipinski definition) is 2. The number of halogens is 1. The summed E-state index contributed by atoms with van der Waals surface area (Å²) < 4.78 is 8.82. The third-order valence-corrected chi connectivity index (χ3v) is 6.30. The van der Waals surface area contributed by atoms with Gasteiger partial charge in [-0.15, -0.1) is 0 Å². The number of nitrogens with zero attached hydrogens (tertiary/aromatic N) is 1. The van der Waals surface area contributed by atoms with Gasteiger partial charge in [-0.2, -0.15) is 0 Å². The zero-order valence-corrected chi connectivity index (χ0v) is 19.2. The number of amidine groups is 1. The molecule has 4 aromatic carbocycles. The smallest absolute Gasteiger partial charge is 0.122 e. The number of ether oxygens (including phenoxy) is 1. The average molecular weight is 484 g/mol. The topological polar surface area (TPSA) is 64.0 Å². The quantitative estimate of drug-likeness (QED) is 0.219. The van der Waals surface area contributed by atoms with E-state index < -0.39 is 0 Å². The molecular weight excluding hydrogens is 462 g/mol. The van der Waals surface area contributed by atoms with Crippen molar-refractivity contribution < 1.29 is 4.74 Å². The first kappa shape index (κ1) is 20.3. The second-order valence-electron chi connectivity index (χ2n) is 7.83. The van der Waals surface area contributed by atoms with E-state index >= 15 is 0 Å². The van der Waals surface area contributed by atoms with Gasteiger partial charge in [-0.05, 0) is 65.2 Å². The Labute approximate surface area is 194 Å². The number of benzene rings is 4. The van der Waals surface area contributed by atoms with Crippen LogP contribution < -0.4 is 10.5 Å². The molecule has 158 valence electrons. The SMILES string of the molecule is COc1cccc(Cn2c3ccc(Br)cc3c3cc(-c4cccc(C(=N)N)c4)ccc32)c1. The van der Waals surface area contributed by atoms with Crippen LogP contribution in [0.4, 0.5) is 0 Å². The fraction of sp³-hybridized carbons (Fsp3) is 0.0741. The summed E-state index contributed by atoms with van der Waals surface area (Å²) in [5.74, 6) is 0.936. The second kappa shape index (κ2) is 8.17. The van der Waals surface area contributed by atoms with Gasteiger partial charge in [0.15, 0.2) is 0 Å². The van der Waals surface area contributed by atoms with Gasteiger partial charge >= 0.3 is 0 Å². The van der Waals surface area contributed by atoms with Crippen molar-refractivity contribution in [3.05, 3.63) is 101 Å². The summed E-state index contributed by atoms with van der Waals surface area (Å²) in [5.41, 5.74) is 12.1. The van der Waals surface area contributed by atoms with Gasteiger partial charge in [-0.1, -0.05) is 52.3 Å². The maximum absolute atomic E-state index is 7.76. The molecule has 1 aromatic heterocycles. The molecule has 0 amide bonds. The Morgan fingerprint density at radius 3 is 2.38 bits per heavy atom. The lowest BCUT2D eigenvalue weighted by Crippen LogP contribution is -2.10. The predicted octanol–water partition coefficient (Wildman–Crippen LogP) is 6.56. The molecular formula is C27H22BrN3O. The van der Waals surface area contributed by atoms with Gasteiger partial charge in [0, 0.05) is 38.4 Å². The lowest BCUT2D eigenvalue weighted by atomic mass is 10.0. The van der Waals surface area contributed by atoms with Gasteiger partial charge in [-0.3, -0.25) is 5.41 Å². The fourth-order valence-electron chi connectivity index (χ4n) is 4.25. The van der Waals surface area contributed by atoms with Crippen molar-refractivity contribution in [3.8, 4) is 16.9 Å². The molecule has 3 N–H and O–H groups in total. The highest BCUT2D eigenvalue weighted by Crippen LogP contribution is 2.35. The van der Waals surface area contributed by atoms with Crippen LogP contribution in [0.1, 0.15) is 11.1 Å². The summed E-state index contributed by atoms with van der Waals surface area (Å²) in [6, 6.07) is 29.0. The molecule has 0 unspecified atom stereocenters. The third kappa shape index (κ3) is 3.65. The Kier molecular flexibility index (Phi) is 5.19. The van der Waals surface area contributed by atoms with Crippen LogP contribution in [-0.2, 0) is 6.54 Å². The molecule has 5 rings (SSSR count). The van der Waals surface area contributed by atoms with Gasteiger partial charge in [0.1, 0.15) is 11.6 Å². The van der Waals surface area contributed by atoms with Crippen LogP contribution in [0.25, 0.3) is 32.9 Å².